The molecule has 0 aromatic heterocycles. The lowest BCUT2D eigenvalue weighted by atomic mass is 9.87. The standard InChI is InChI=1S/C50H93O14P/c1-4-5-22-28-41(52)32-33-45-46(48(56)35-47(45)55)34-42(53)29-25-26-30-49(57)61-38-44(39-63-65(59,60)62-37-43(54)36-51)64-50(58)31-24-21-19-17-15-13-11-9-7-6-8-10-12-14-16-18-20-23-27-40(2)3/h32-33,40-41,43-48,51-52,54-56H,4-31,34-39H2,1-3H3,(H,59,60)/b33-32+/t41-,43-,44+,45+,46+,47+,48-/m0/s1. The van der Waals surface area contributed by atoms with Crippen molar-refractivity contribution in [3.63, 3.8) is 0 Å². The zero-order valence-corrected chi connectivity index (χ0v) is 41.6. The van der Waals surface area contributed by atoms with E-state index in [1.54, 1.807) is 12.2 Å². The number of hydrogen-bond acceptors (Lipinski definition) is 13. The van der Waals surface area contributed by atoms with Crippen molar-refractivity contribution in [1.82, 2.24) is 0 Å². The average molecular weight is 949 g/mol. The number of carbonyl (C=O) groups excluding carboxylic acids is 3. The van der Waals surface area contributed by atoms with Crippen LogP contribution in [0.3, 0.4) is 0 Å². The fraction of sp³-hybridized carbons (Fsp3) is 0.900. The monoisotopic (exact) mass is 949 g/mol. The summed E-state index contributed by atoms with van der Waals surface area (Å²) in [5.74, 6) is -1.41. The molecule has 1 saturated carbocycles. The fourth-order valence-electron chi connectivity index (χ4n) is 8.29. The molecular formula is C50H93O14P. The number of esters is 2. The van der Waals surface area contributed by atoms with Crippen LogP contribution >= 0.6 is 7.82 Å². The van der Waals surface area contributed by atoms with Gasteiger partial charge in [0, 0.05) is 43.9 Å². The summed E-state index contributed by atoms with van der Waals surface area (Å²) in [6.45, 7) is 4.23. The van der Waals surface area contributed by atoms with Crippen molar-refractivity contribution in [2.75, 3.05) is 26.4 Å². The summed E-state index contributed by atoms with van der Waals surface area (Å²) in [6.07, 6.45) is 26.6. The van der Waals surface area contributed by atoms with Crippen LogP contribution in [0.15, 0.2) is 12.2 Å². The number of carbonyl (C=O) groups is 3. The molecule has 1 aliphatic rings. The summed E-state index contributed by atoms with van der Waals surface area (Å²) in [6, 6.07) is 0. The van der Waals surface area contributed by atoms with Gasteiger partial charge in [-0.25, -0.2) is 4.57 Å². The third kappa shape index (κ3) is 34.2. The Balaban J connectivity index is 2.37. The second-order valence-electron chi connectivity index (χ2n) is 19.0. The minimum absolute atomic E-state index is 0.0411. The predicted octanol–water partition coefficient (Wildman–Crippen LogP) is 9.76. The molecule has 0 amide bonds. The molecule has 0 aromatic rings. The molecule has 15 heteroatoms. The van der Waals surface area contributed by atoms with Crippen LogP contribution in [0.2, 0.25) is 0 Å². The molecule has 1 aliphatic carbocycles. The van der Waals surface area contributed by atoms with Gasteiger partial charge >= 0.3 is 19.8 Å². The smallest absolute Gasteiger partial charge is 0.462 e. The molecule has 14 nitrogen and oxygen atoms in total. The number of unbranched alkanes of at least 4 members (excludes halogenated alkanes) is 20. The maximum atomic E-state index is 12.9. The summed E-state index contributed by atoms with van der Waals surface area (Å²) >= 11 is 0. The fourth-order valence-corrected chi connectivity index (χ4v) is 9.08. The minimum atomic E-state index is -4.71. The van der Waals surface area contributed by atoms with E-state index >= 15 is 0 Å². The van der Waals surface area contributed by atoms with Crippen LogP contribution in [0, 0.1) is 17.8 Å². The van der Waals surface area contributed by atoms with Crippen molar-refractivity contribution in [1.29, 1.82) is 0 Å². The number of aliphatic hydroxyl groups is 5. The van der Waals surface area contributed by atoms with Crippen molar-refractivity contribution in [2.45, 2.75) is 244 Å². The Morgan fingerprint density at radius 1 is 0.646 bits per heavy atom. The Kier molecular flexibility index (Phi) is 36.9. The lowest BCUT2D eigenvalue weighted by Crippen LogP contribution is -2.29. The number of Topliss-reactive ketones (excluding diaryl/α,β-unsaturated/α-hetero) is 1. The van der Waals surface area contributed by atoms with Gasteiger partial charge in [0.15, 0.2) is 6.10 Å². The predicted molar refractivity (Wildman–Crippen MR) is 254 cm³/mol. The highest BCUT2D eigenvalue weighted by atomic mass is 31.2. The Labute approximate surface area is 392 Å². The SMILES string of the molecule is CCCCC[C@H](O)/C=C/[C@@H]1[C@@H](CC(=O)CCCCC(=O)OC[C@H](COP(=O)(O)OC[C@@H](O)CO)OC(=O)CCCCCCCCCCCCCCCCCCCCC(C)C)[C@@H](O)C[C@H]1O. The Morgan fingerprint density at radius 3 is 1.69 bits per heavy atom. The highest BCUT2D eigenvalue weighted by Gasteiger charge is 2.41. The molecular weight excluding hydrogens is 856 g/mol. The number of phosphoric ester groups is 1. The normalized spacial score (nSPS) is 20.0. The molecule has 0 heterocycles. The third-order valence-electron chi connectivity index (χ3n) is 12.3. The van der Waals surface area contributed by atoms with Crippen molar-refractivity contribution >= 4 is 25.5 Å². The molecule has 1 fully saturated rings. The van der Waals surface area contributed by atoms with E-state index in [2.05, 4.69) is 25.3 Å². The molecule has 6 N–H and O–H groups in total. The van der Waals surface area contributed by atoms with E-state index in [0.717, 1.165) is 44.4 Å². The van der Waals surface area contributed by atoms with E-state index in [-0.39, 0.29) is 37.9 Å². The van der Waals surface area contributed by atoms with Gasteiger partial charge in [-0.2, -0.15) is 0 Å². The molecule has 1 rings (SSSR count). The summed E-state index contributed by atoms with van der Waals surface area (Å²) in [7, 11) is -4.71. The number of aliphatic hydroxyl groups excluding tert-OH is 5. The van der Waals surface area contributed by atoms with Gasteiger partial charge in [0.25, 0.3) is 0 Å². The van der Waals surface area contributed by atoms with Crippen molar-refractivity contribution in [3.05, 3.63) is 12.2 Å². The quantitative estimate of drug-likeness (QED) is 0.0145. The van der Waals surface area contributed by atoms with E-state index in [0.29, 0.717) is 25.7 Å². The van der Waals surface area contributed by atoms with Gasteiger partial charge in [-0.3, -0.25) is 23.4 Å². The highest BCUT2D eigenvalue weighted by molar-refractivity contribution is 7.47. The van der Waals surface area contributed by atoms with Crippen molar-refractivity contribution in [2.24, 2.45) is 17.8 Å². The highest BCUT2D eigenvalue weighted by Crippen LogP contribution is 2.43. The minimum Gasteiger partial charge on any atom is -0.462 e. The second kappa shape index (κ2) is 39.1. The lowest BCUT2D eigenvalue weighted by molar-refractivity contribution is -0.161. The summed E-state index contributed by atoms with van der Waals surface area (Å²) in [4.78, 5) is 48.2. The molecule has 65 heavy (non-hydrogen) atoms. The summed E-state index contributed by atoms with van der Waals surface area (Å²) in [5, 5.41) is 49.8. The summed E-state index contributed by atoms with van der Waals surface area (Å²) in [5.41, 5.74) is 0. The number of hydrogen-bond donors (Lipinski definition) is 6. The Hall–Kier alpha value is -1.74. The molecule has 8 atom stereocenters. The molecule has 0 spiro atoms. The van der Waals surface area contributed by atoms with Gasteiger partial charge in [-0.1, -0.05) is 168 Å². The molecule has 0 saturated heterocycles. The second-order valence-corrected chi connectivity index (χ2v) is 20.5. The molecule has 0 aromatic carbocycles. The van der Waals surface area contributed by atoms with Gasteiger partial charge in [0.1, 0.15) is 18.5 Å². The van der Waals surface area contributed by atoms with Crippen LogP contribution in [0.5, 0.6) is 0 Å². The molecule has 0 aliphatic heterocycles. The molecule has 1 unspecified atom stereocenters. The number of rotatable bonds is 44. The zero-order valence-electron chi connectivity index (χ0n) is 40.7. The van der Waals surface area contributed by atoms with Crippen LogP contribution in [0.1, 0.15) is 213 Å². The van der Waals surface area contributed by atoms with E-state index in [9.17, 15) is 44.3 Å². The number of ether oxygens (including phenoxy) is 2. The zero-order chi connectivity index (χ0) is 48.1. The van der Waals surface area contributed by atoms with E-state index in [4.69, 9.17) is 19.1 Å². The average Bonchev–Trinajstić information content (AvgIpc) is 3.53. The van der Waals surface area contributed by atoms with Crippen LogP contribution in [-0.4, -0.2) is 105 Å². The van der Waals surface area contributed by atoms with E-state index < -0.39 is 88.5 Å². The van der Waals surface area contributed by atoms with E-state index in [1.807, 2.05) is 0 Å². The third-order valence-corrected chi connectivity index (χ3v) is 13.3. The largest absolute Gasteiger partial charge is 0.472 e. The maximum absolute atomic E-state index is 12.9. The summed E-state index contributed by atoms with van der Waals surface area (Å²) < 4.78 is 32.8. The van der Waals surface area contributed by atoms with Crippen LogP contribution in [-0.2, 0) is 37.5 Å². The first kappa shape index (κ1) is 61.3. The molecule has 0 radical (unpaired) electrons. The first-order chi connectivity index (χ1) is 31.2. The number of phosphoric acid groups is 1. The number of ketones is 1. The van der Waals surface area contributed by atoms with Gasteiger partial charge in [0.05, 0.1) is 38.1 Å². The lowest BCUT2D eigenvalue weighted by Gasteiger charge is -2.20. The van der Waals surface area contributed by atoms with Gasteiger partial charge < -0.3 is 39.9 Å². The molecule has 0 bridgehead atoms. The first-order valence-corrected chi connectivity index (χ1v) is 27.2. The Bertz CT molecular complexity index is 1280. The van der Waals surface area contributed by atoms with Gasteiger partial charge in [0.2, 0.25) is 0 Å². The maximum Gasteiger partial charge on any atom is 0.472 e. The Morgan fingerprint density at radius 2 is 1.14 bits per heavy atom. The van der Waals surface area contributed by atoms with Crippen molar-refractivity contribution in [3.8, 4) is 0 Å². The first-order valence-electron chi connectivity index (χ1n) is 25.7. The topological polar surface area (TPSA) is 227 Å². The van der Waals surface area contributed by atoms with Crippen LogP contribution in [0.25, 0.3) is 0 Å². The van der Waals surface area contributed by atoms with Gasteiger partial charge in [-0.05, 0) is 31.6 Å². The van der Waals surface area contributed by atoms with E-state index in [1.165, 1.54) is 96.3 Å². The van der Waals surface area contributed by atoms with Crippen LogP contribution < -0.4 is 0 Å². The van der Waals surface area contributed by atoms with Crippen molar-refractivity contribution < 1.29 is 67.9 Å². The van der Waals surface area contributed by atoms with Crippen LogP contribution in [0.4, 0.5) is 0 Å². The van der Waals surface area contributed by atoms with Gasteiger partial charge in [-0.15, -0.1) is 0 Å². The molecule has 382 valence electrons.